The van der Waals surface area contributed by atoms with Gasteiger partial charge < -0.3 is 0 Å². The molecule has 0 amide bonds. The van der Waals surface area contributed by atoms with Crippen LogP contribution in [0, 0.1) is 16.7 Å². The van der Waals surface area contributed by atoms with Gasteiger partial charge in [-0.25, -0.2) is 0 Å². The van der Waals surface area contributed by atoms with Crippen LogP contribution in [0.25, 0.3) is 0 Å². The zero-order valence-electron chi connectivity index (χ0n) is 10.6. The Morgan fingerprint density at radius 3 is 2.50 bits per heavy atom. The summed E-state index contributed by atoms with van der Waals surface area (Å²) in [6.45, 7) is 10.9. The lowest BCUT2D eigenvalue weighted by Gasteiger charge is -2.16. The maximum absolute atomic E-state index is 11.1. The molecule has 0 radical (unpaired) electrons. The topological polar surface area (TPSA) is 38.3 Å². The van der Waals surface area contributed by atoms with E-state index in [1.807, 2.05) is 13.8 Å². The van der Waals surface area contributed by atoms with E-state index in [-0.39, 0.29) is 22.0 Å². The van der Waals surface area contributed by atoms with Crippen LogP contribution in [0.2, 0.25) is 0 Å². The number of nitrogens with one attached hydrogen (secondary N) is 1. The molecule has 16 heavy (non-hydrogen) atoms. The summed E-state index contributed by atoms with van der Waals surface area (Å²) in [4.78, 5) is 16.4. The van der Waals surface area contributed by atoms with Crippen molar-refractivity contribution < 1.29 is 9.63 Å². The molecule has 1 unspecified atom stereocenters. The summed E-state index contributed by atoms with van der Waals surface area (Å²) in [6, 6.07) is 0. The first-order chi connectivity index (χ1) is 7.16. The SMILES string of the molecule is CC(C)(C)CONC=C1C(C(=O)Cl)C1(C)C. The van der Waals surface area contributed by atoms with Crippen molar-refractivity contribution in [2.75, 3.05) is 6.61 Å². The average Bonchev–Trinajstić information content (AvgIpc) is 2.60. The summed E-state index contributed by atoms with van der Waals surface area (Å²) < 4.78 is 0. The fraction of sp³-hybridized carbons (Fsp3) is 0.750. The molecule has 0 saturated heterocycles. The molecule has 1 aliphatic rings. The Bertz CT molecular complexity index is 315. The summed E-state index contributed by atoms with van der Waals surface area (Å²) >= 11 is 5.49. The first kappa shape index (κ1) is 13.5. The van der Waals surface area contributed by atoms with Gasteiger partial charge in [-0.2, -0.15) is 0 Å². The molecule has 1 fully saturated rings. The molecule has 1 N–H and O–H groups in total. The molecule has 0 aromatic carbocycles. The van der Waals surface area contributed by atoms with Gasteiger partial charge in [0, 0.05) is 11.6 Å². The lowest BCUT2D eigenvalue weighted by atomic mass is 9.99. The Kier molecular flexibility index (Phi) is 3.70. The second-order valence-electron chi connectivity index (χ2n) is 6.03. The van der Waals surface area contributed by atoms with Crippen molar-refractivity contribution in [1.82, 2.24) is 5.48 Å². The Labute approximate surface area is 102 Å². The highest BCUT2D eigenvalue weighted by Crippen LogP contribution is 2.58. The van der Waals surface area contributed by atoms with Gasteiger partial charge >= 0.3 is 0 Å². The molecule has 1 aliphatic carbocycles. The highest BCUT2D eigenvalue weighted by atomic mass is 35.5. The minimum absolute atomic E-state index is 0.117. The number of hydrogen-bond donors (Lipinski definition) is 1. The summed E-state index contributed by atoms with van der Waals surface area (Å²) in [6.07, 6.45) is 1.75. The molecular weight excluding hydrogens is 226 g/mol. The number of hydroxylamine groups is 1. The lowest BCUT2D eigenvalue weighted by Crippen LogP contribution is -2.19. The van der Waals surface area contributed by atoms with Crippen molar-refractivity contribution >= 4 is 16.8 Å². The molecule has 1 saturated carbocycles. The van der Waals surface area contributed by atoms with Crippen molar-refractivity contribution in [3.8, 4) is 0 Å². The smallest absolute Gasteiger partial charge is 0.229 e. The van der Waals surface area contributed by atoms with Crippen LogP contribution in [-0.4, -0.2) is 11.8 Å². The standard InChI is InChI=1S/C12H20ClNO2/c1-11(2,3)7-16-14-6-8-9(10(13)15)12(8,4)5/h6,9,14H,7H2,1-5H3. The van der Waals surface area contributed by atoms with Gasteiger partial charge in [-0.05, 0) is 22.6 Å². The predicted molar refractivity (Wildman–Crippen MR) is 64.8 cm³/mol. The van der Waals surface area contributed by atoms with E-state index < -0.39 is 0 Å². The van der Waals surface area contributed by atoms with E-state index in [0.29, 0.717) is 6.61 Å². The third-order valence-electron chi connectivity index (χ3n) is 2.72. The van der Waals surface area contributed by atoms with Gasteiger partial charge in [0.2, 0.25) is 5.24 Å². The second kappa shape index (κ2) is 4.38. The molecule has 0 aromatic rings. The molecule has 0 spiro atoms. The van der Waals surface area contributed by atoms with E-state index in [4.69, 9.17) is 16.4 Å². The van der Waals surface area contributed by atoms with E-state index >= 15 is 0 Å². The Balaban J connectivity index is 2.40. The molecule has 0 heterocycles. The Hall–Kier alpha value is -0.540. The van der Waals surface area contributed by atoms with Gasteiger partial charge in [-0.3, -0.25) is 15.1 Å². The quantitative estimate of drug-likeness (QED) is 0.470. The molecule has 1 rings (SSSR count). The highest BCUT2D eigenvalue weighted by Gasteiger charge is 2.56. The van der Waals surface area contributed by atoms with Gasteiger partial charge in [-0.1, -0.05) is 34.6 Å². The van der Waals surface area contributed by atoms with Crippen molar-refractivity contribution in [2.45, 2.75) is 34.6 Å². The Morgan fingerprint density at radius 1 is 1.56 bits per heavy atom. The summed E-state index contributed by atoms with van der Waals surface area (Å²) in [5.41, 5.74) is 3.76. The van der Waals surface area contributed by atoms with Gasteiger partial charge in [0.05, 0.1) is 12.5 Å². The van der Waals surface area contributed by atoms with E-state index in [9.17, 15) is 4.79 Å². The number of hydrogen-bond acceptors (Lipinski definition) is 3. The van der Waals surface area contributed by atoms with Crippen LogP contribution in [0.3, 0.4) is 0 Å². The molecule has 0 bridgehead atoms. The third kappa shape index (κ3) is 3.22. The van der Waals surface area contributed by atoms with E-state index in [1.165, 1.54) is 0 Å². The van der Waals surface area contributed by atoms with Gasteiger partial charge in [0.1, 0.15) is 0 Å². The minimum atomic E-state index is -0.297. The zero-order valence-corrected chi connectivity index (χ0v) is 11.3. The molecule has 3 nitrogen and oxygen atoms in total. The van der Waals surface area contributed by atoms with Crippen molar-refractivity contribution in [3.63, 3.8) is 0 Å². The monoisotopic (exact) mass is 245 g/mol. The van der Waals surface area contributed by atoms with Crippen molar-refractivity contribution in [3.05, 3.63) is 11.8 Å². The highest BCUT2D eigenvalue weighted by molar-refractivity contribution is 6.65. The van der Waals surface area contributed by atoms with Crippen molar-refractivity contribution in [1.29, 1.82) is 0 Å². The first-order valence-corrected chi connectivity index (χ1v) is 5.81. The Morgan fingerprint density at radius 2 is 2.12 bits per heavy atom. The maximum Gasteiger partial charge on any atom is 0.229 e. The molecule has 0 aliphatic heterocycles. The molecule has 0 aromatic heterocycles. The van der Waals surface area contributed by atoms with E-state index in [2.05, 4.69) is 26.3 Å². The largest absolute Gasteiger partial charge is 0.281 e. The third-order valence-corrected chi connectivity index (χ3v) is 2.94. The van der Waals surface area contributed by atoms with Gasteiger partial charge in [0.15, 0.2) is 0 Å². The van der Waals surface area contributed by atoms with Crippen LogP contribution in [0.5, 0.6) is 0 Å². The zero-order chi connectivity index (χ0) is 12.6. The van der Waals surface area contributed by atoms with Crippen LogP contribution < -0.4 is 5.48 Å². The number of carbonyl (C=O) groups is 1. The van der Waals surface area contributed by atoms with E-state index in [0.717, 1.165) is 5.57 Å². The molecule has 4 heteroatoms. The average molecular weight is 246 g/mol. The minimum Gasteiger partial charge on any atom is -0.281 e. The molecular formula is C12H20ClNO2. The molecule has 92 valence electrons. The number of carbonyl (C=O) groups excluding carboxylic acids is 1. The van der Waals surface area contributed by atoms with Crippen LogP contribution in [-0.2, 0) is 9.63 Å². The number of allylic oxidation sites excluding steroid dienone is 1. The van der Waals surface area contributed by atoms with Crippen LogP contribution in [0.15, 0.2) is 11.8 Å². The van der Waals surface area contributed by atoms with Crippen LogP contribution in [0.1, 0.15) is 34.6 Å². The summed E-state index contributed by atoms with van der Waals surface area (Å²) in [7, 11) is 0. The molecule has 1 atom stereocenters. The summed E-state index contributed by atoms with van der Waals surface area (Å²) in [5.74, 6) is -0.167. The van der Waals surface area contributed by atoms with Crippen LogP contribution >= 0.6 is 11.6 Å². The predicted octanol–water partition coefficient (Wildman–Crippen LogP) is 2.86. The van der Waals surface area contributed by atoms with Crippen molar-refractivity contribution in [2.24, 2.45) is 16.7 Å². The normalized spacial score (nSPS) is 25.6. The van der Waals surface area contributed by atoms with E-state index in [1.54, 1.807) is 6.20 Å². The number of rotatable bonds is 4. The first-order valence-electron chi connectivity index (χ1n) is 5.43. The fourth-order valence-electron chi connectivity index (χ4n) is 1.62. The van der Waals surface area contributed by atoms with Gasteiger partial charge in [0.25, 0.3) is 0 Å². The van der Waals surface area contributed by atoms with Gasteiger partial charge in [-0.15, -0.1) is 0 Å². The summed E-state index contributed by atoms with van der Waals surface area (Å²) in [5, 5.41) is -0.297. The second-order valence-corrected chi connectivity index (χ2v) is 6.40. The van der Waals surface area contributed by atoms with Crippen LogP contribution in [0.4, 0.5) is 0 Å². The number of halogens is 1. The fourth-order valence-corrected chi connectivity index (χ4v) is 2.01. The lowest BCUT2D eigenvalue weighted by molar-refractivity contribution is -0.113. The maximum atomic E-state index is 11.1.